The van der Waals surface area contributed by atoms with Crippen LogP contribution < -0.4 is 10.5 Å². The zero-order valence-corrected chi connectivity index (χ0v) is 19.9. The van der Waals surface area contributed by atoms with Crippen molar-refractivity contribution in [2.75, 3.05) is 7.11 Å². The minimum absolute atomic E-state index is 0.0733. The SMILES string of the molecule is COC(=O)C1=C(N)OC2=C(C(=O)CCC2)[C@@H]1c1ccc(OCc2ccc(Cl)cc2Cl)c(Cl)c1. The fourth-order valence-corrected chi connectivity index (χ4v) is 4.71. The number of benzene rings is 2. The van der Waals surface area contributed by atoms with Crippen molar-refractivity contribution in [1.29, 1.82) is 0 Å². The molecule has 33 heavy (non-hydrogen) atoms. The monoisotopic (exact) mass is 507 g/mol. The molecule has 0 radical (unpaired) electrons. The lowest BCUT2D eigenvalue weighted by Gasteiger charge is -2.32. The number of allylic oxidation sites excluding steroid dienone is 2. The van der Waals surface area contributed by atoms with Crippen molar-refractivity contribution in [3.63, 3.8) is 0 Å². The first-order chi connectivity index (χ1) is 15.8. The van der Waals surface area contributed by atoms with Crippen LogP contribution in [0, 0.1) is 0 Å². The van der Waals surface area contributed by atoms with Gasteiger partial charge in [0.05, 0.1) is 18.1 Å². The summed E-state index contributed by atoms with van der Waals surface area (Å²) in [5.74, 6) is -0.685. The molecule has 6 nitrogen and oxygen atoms in total. The Hall–Kier alpha value is -2.67. The predicted octanol–water partition coefficient (Wildman–Crippen LogP) is 5.69. The van der Waals surface area contributed by atoms with E-state index in [1.807, 2.05) is 0 Å². The molecule has 0 unspecified atom stereocenters. The average Bonchev–Trinajstić information content (AvgIpc) is 2.78. The molecule has 1 aliphatic heterocycles. The Morgan fingerprint density at radius 1 is 1.12 bits per heavy atom. The van der Waals surface area contributed by atoms with Crippen molar-refractivity contribution in [2.45, 2.75) is 31.8 Å². The Balaban J connectivity index is 1.68. The summed E-state index contributed by atoms with van der Waals surface area (Å²) in [6.45, 7) is 0.181. The van der Waals surface area contributed by atoms with Crippen molar-refractivity contribution in [3.05, 3.63) is 85.4 Å². The Morgan fingerprint density at radius 2 is 1.91 bits per heavy atom. The number of Topliss-reactive ketones (excluding diaryl/α,β-unsaturated/α-hetero) is 1. The molecule has 2 aromatic rings. The van der Waals surface area contributed by atoms with Crippen LogP contribution in [0.4, 0.5) is 0 Å². The first kappa shape index (κ1) is 23.5. The summed E-state index contributed by atoms with van der Waals surface area (Å²) in [6.07, 6.45) is 1.58. The molecule has 0 spiro atoms. The summed E-state index contributed by atoms with van der Waals surface area (Å²) in [4.78, 5) is 25.4. The van der Waals surface area contributed by atoms with Gasteiger partial charge in [-0.15, -0.1) is 0 Å². The number of methoxy groups -OCH3 is 1. The van der Waals surface area contributed by atoms with Crippen molar-refractivity contribution in [3.8, 4) is 5.75 Å². The third-order valence-electron chi connectivity index (χ3n) is 5.58. The number of hydrogen-bond donors (Lipinski definition) is 1. The normalized spacial score (nSPS) is 18.1. The third-order valence-corrected chi connectivity index (χ3v) is 6.46. The number of ketones is 1. The van der Waals surface area contributed by atoms with E-state index in [1.165, 1.54) is 7.11 Å². The fraction of sp³-hybridized carbons (Fsp3) is 0.250. The molecule has 4 rings (SSSR count). The highest BCUT2D eigenvalue weighted by Crippen LogP contribution is 2.45. The number of halogens is 3. The maximum absolute atomic E-state index is 12.8. The molecule has 0 aromatic heterocycles. The van der Waals surface area contributed by atoms with Gasteiger partial charge in [0.2, 0.25) is 5.88 Å². The van der Waals surface area contributed by atoms with Crippen LogP contribution in [0.25, 0.3) is 0 Å². The number of carbonyl (C=O) groups is 2. The minimum Gasteiger partial charge on any atom is -0.487 e. The van der Waals surface area contributed by atoms with E-state index in [9.17, 15) is 9.59 Å². The molecule has 1 aliphatic carbocycles. The van der Waals surface area contributed by atoms with Crippen LogP contribution in [0.2, 0.25) is 15.1 Å². The number of nitrogens with two attached hydrogens (primary N) is 1. The van der Waals surface area contributed by atoms with E-state index in [1.54, 1.807) is 36.4 Å². The molecule has 172 valence electrons. The summed E-state index contributed by atoms with van der Waals surface area (Å²) in [6, 6.07) is 10.2. The molecule has 0 saturated carbocycles. The molecule has 0 saturated heterocycles. The second kappa shape index (κ2) is 9.67. The molecule has 2 aromatic carbocycles. The van der Waals surface area contributed by atoms with Crippen LogP contribution in [0.15, 0.2) is 59.2 Å². The Bertz CT molecular complexity index is 1200. The van der Waals surface area contributed by atoms with E-state index in [-0.39, 0.29) is 23.8 Å². The van der Waals surface area contributed by atoms with Gasteiger partial charge < -0.3 is 19.9 Å². The number of hydrogen-bond acceptors (Lipinski definition) is 6. The highest BCUT2D eigenvalue weighted by atomic mass is 35.5. The van der Waals surface area contributed by atoms with Crippen molar-refractivity contribution in [1.82, 2.24) is 0 Å². The number of rotatable bonds is 5. The van der Waals surface area contributed by atoms with Gasteiger partial charge in [0, 0.05) is 34.0 Å². The van der Waals surface area contributed by atoms with E-state index < -0.39 is 11.9 Å². The molecular formula is C24H20Cl3NO5. The molecule has 1 heterocycles. The van der Waals surface area contributed by atoms with Crippen LogP contribution in [0.5, 0.6) is 5.75 Å². The van der Waals surface area contributed by atoms with Gasteiger partial charge in [0.1, 0.15) is 23.7 Å². The summed E-state index contributed by atoms with van der Waals surface area (Å²) >= 11 is 18.7. The van der Waals surface area contributed by atoms with Crippen LogP contribution in [0.1, 0.15) is 36.3 Å². The lowest BCUT2D eigenvalue weighted by Crippen LogP contribution is -2.31. The second-order valence-corrected chi connectivity index (χ2v) is 8.88. The largest absolute Gasteiger partial charge is 0.487 e. The third kappa shape index (κ3) is 4.69. The molecular weight excluding hydrogens is 489 g/mol. The molecule has 9 heteroatoms. The van der Waals surface area contributed by atoms with Gasteiger partial charge in [0.25, 0.3) is 0 Å². The van der Waals surface area contributed by atoms with E-state index in [0.717, 1.165) is 5.56 Å². The van der Waals surface area contributed by atoms with Gasteiger partial charge in [0.15, 0.2) is 5.78 Å². The topological polar surface area (TPSA) is 87.9 Å². The van der Waals surface area contributed by atoms with Gasteiger partial charge >= 0.3 is 5.97 Å². The van der Waals surface area contributed by atoms with Crippen molar-refractivity contribution in [2.24, 2.45) is 5.73 Å². The van der Waals surface area contributed by atoms with Gasteiger partial charge in [-0.2, -0.15) is 0 Å². The summed E-state index contributed by atoms with van der Waals surface area (Å²) in [5, 5.41) is 1.32. The molecule has 0 amide bonds. The zero-order chi connectivity index (χ0) is 23.7. The molecule has 2 aliphatic rings. The summed E-state index contributed by atoms with van der Waals surface area (Å²) < 4.78 is 16.4. The first-order valence-corrected chi connectivity index (χ1v) is 11.3. The minimum atomic E-state index is -0.744. The smallest absolute Gasteiger partial charge is 0.340 e. The van der Waals surface area contributed by atoms with E-state index in [2.05, 4.69) is 0 Å². The van der Waals surface area contributed by atoms with Crippen LogP contribution in [0.3, 0.4) is 0 Å². The highest BCUT2D eigenvalue weighted by molar-refractivity contribution is 6.35. The van der Waals surface area contributed by atoms with Gasteiger partial charge in [-0.25, -0.2) is 4.79 Å². The quantitative estimate of drug-likeness (QED) is 0.522. The molecule has 1 atom stereocenters. The lowest BCUT2D eigenvalue weighted by molar-refractivity contribution is -0.136. The van der Waals surface area contributed by atoms with E-state index in [0.29, 0.717) is 57.0 Å². The lowest BCUT2D eigenvalue weighted by atomic mass is 9.77. The van der Waals surface area contributed by atoms with Gasteiger partial charge in [-0.3, -0.25) is 4.79 Å². The highest BCUT2D eigenvalue weighted by Gasteiger charge is 2.41. The van der Waals surface area contributed by atoms with Crippen LogP contribution >= 0.6 is 34.8 Å². The molecule has 0 bridgehead atoms. The number of esters is 1. The number of ether oxygens (including phenoxy) is 3. The van der Waals surface area contributed by atoms with E-state index in [4.69, 9.17) is 54.7 Å². The predicted molar refractivity (Wildman–Crippen MR) is 125 cm³/mol. The number of carbonyl (C=O) groups excluding carboxylic acids is 2. The molecule has 2 N–H and O–H groups in total. The van der Waals surface area contributed by atoms with Crippen molar-refractivity contribution < 1.29 is 23.8 Å². The fourth-order valence-electron chi connectivity index (χ4n) is 4.01. The first-order valence-electron chi connectivity index (χ1n) is 10.2. The van der Waals surface area contributed by atoms with Crippen molar-refractivity contribution >= 4 is 46.6 Å². The van der Waals surface area contributed by atoms with Gasteiger partial charge in [-0.1, -0.05) is 46.9 Å². The summed E-state index contributed by atoms with van der Waals surface area (Å²) in [5.41, 5.74) is 7.91. The standard InChI is InChI=1S/C24H20Cl3NO5/c1-31-24(30)22-20(21-17(29)3-2-4-19(21)33-23(22)28)12-6-8-18(16(27)9-12)32-11-13-5-7-14(25)10-15(13)26/h5-10,20H,2-4,11,28H2,1H3/t20-/m0/s1. The van der Waals surface area contributed by atoms with Crippen LogP contribution in [-0.2, 0) is 25.7 Å². The molecule has 0 fully saturated rings. The Kier molecular flexibility index (Phi) is 6.88. The Morgan fingerprint density at radius 3 is 2.61 bits per heavy atom. The summed E-state index contributed by atoms with van der Waals surface area (Å²) in [7, 11) is 1.25. The Labute approximate surface area is 205 Å². The second-order valence-electron chi connectivity index (χ2n) is 7.63. The average molecular weight is 509 g/mol. The van der Waals surface area contributed by atoms with E-state index >= 15 is 0 Å². The maximum Gasteiger partial charge on any atom is 0.340 e. The zero-order valence-electron chi connectivity index (χ0n) is 17.6. The van der Waals surface area contributed by atoms with Crippen LogP contribution in [-0.4, -0.2) is 18.9 Å². The van der Waals surface area contributed by atoms with Gasteiger partial charge in [-0.05, 0) is 36.2 Å². The maximum atomic E-state index is 12.8.